The fraction of sp³-hybridized carbons (Fsp3) is 1.00. The fourth-order valence-electron chi connectivity index (χ4n) is 4.75. The molecule has 3 aliphatic rings. The summed E-state index contributed by atoms with van der Waals surface area (Å²) in [6.07, 6.45) is 8.47. The van der Waals surface area contributed by atoms with Crippen LogP contribution in [-0.2, 0) is 0 Å². The zero-order chi connectivity index (χ0) is 13.7. The molecule has 0 aromatic rings. The molecule has 1 heterocycles. The zero-order valence-corrected chi connectivity index (χ0v) is 13.3. The van der Waals surface area contributed by atoms with Gasteiger partial charge in [0.1, 0.15) is 0 Å². The van der Waals surface area contributed by atoms with E-state index in [4.69, 9.17) is 0 Å². The molecule has 0 amide bonds. The number of nitrogens with one attached hydrogen (secondary N) is 2. The molecule has 0 spiro atoms. The van der Waals surface area contributed by atoms with Crippen LogP contribution in [0.3, 0.4) is 0 Å². The average molecular weight is 264 g/mol. The molecule has 3 rings (SSSR count). The minimum atomic E-state index is 0.472. The topological polar surface area (TPSA) is 24.1 Å². The van der Waals surface area contributed by atoms with Crippen molar-refractivity contribution in [2.75, 3.05) is 6.54 Å². The maximum Gasteiger partial charge on any atom is 0.0183 e. The van der Waals surface area contributed by atoms with Gasteiger partial charge in [-0.25, -0.2) is 0 Å². The third-order valence-electron chi connectivity index (χ3n) is 6.84. The molecule has 3 fully saturated rings. The molecule has 0 bridgehead atoms. The first-order valence-electron chi connectivity index (χ1n) is 8.44. The number of rotatable bonds is 3. The lowest BCUT2D eigenvalue weighted by atomic mass is 9.88. The highest BCUT2D eigenvalue weighted by atomic mass is 15.1. The average Bonchev–Trinajstić information content (AvgIpc) is 2.77. The summed E-state index contributed by atoms with van der Waals surface area (Å²) in [5.74, 6) is 0.882. The van der Waals surface area contributed by atoms with Crippen molar-refractivity contribution < 1.29 is 0 Å². The summed E-state index contributed by atoms with van der Waals surface area (Å²) in [4.78, 5) is 0. The van der Waals surface area contributed by atoms with Gasteiger partial charge in [-0.3, -0.25) is 0 Å². The Morgan fingerprint density at radius 2 is 1.63 bits per heavy atom. The predicted molar refractivity (Wildman–Crippen MR) is 81.3 cm³/mol. The second-order valence-electron chi connectivity index (χ2n) is 8.30. The van der Waals surface area contributed by atoms with Gasteiger partial charge in [0.05, 0.1) is 0 Å². The number of hydrogen-bond acceptors (Lipinski definition) is 2. The van der Waals surface area contributed by atoms with Crippen molar-refractivity contribution in [1.82, 2.24) is 10.6 Å². The normalized spacial score (nSPS) is 41.4. The summed E-state index contributed by atoms with van der Waals surface area (Å²) in [7, 11) is 0. The van der Waals surface area contributed by atoms with Crippen LogP contribution in [-0.4, -0.2) is 24.7 Å². The molecular weight excluding hydrogens is 232 g/mol. The third kappa shape index (κ3) is 2.25. The molecule has 1 saturated heterocycles. The second-order valence-corrected chi connectivity index (χ2v) is 8.30. The molecule has 2 saturated carbocycles. The highest BCUT2D eigenvalue weighted by molar-refractivity contribution is 5.19. The van der Waals surface area contributed by atoms with Gasteiger partial charge < -0.3 is 10.6 Å². The van der Waals surface area contributed by atoms with Gasteiger partial charge in [0.2, 0.25) is 0 Å². The van der Waals surface area contributed by atoms with E-state index in [0.29, 0.717) is 16.9 Å². The first kappa shape index (κ1) is 13.9. The Kier molecular flexibility index (Phi) is 3.46. The molecule has 3 unspecified atom stereocenters. The van der Waals surface area contributed by atoms with E-state index >= 15 is 0 Å². The molecule has 2 N–H and O–H groups in total. The smallest absolute Gasteiger partial charge is 0.0183 e. The number of hydrogen-bond donors (Lipinski definition) is 2. The van der Waals surface area contributed by atoms with E-state index in [1.54, 1.807) is 0 Å². The Hall–Kier alpha value is -0.0800. The van der Waals surface area contributed by atoms with Gasteiger partial charge in [0.25, 0.3) is 0 Å². The lowest BCUT2D eigenvalue weighted by Crippen LogP contribution is -2.48. The van der Waals surface area contributed by atoms with E-state index in [2.05, 4.69) is 38.3 Å². The van der Waals surface area contributed by atoms with Gasteiger partial charge in [-0.1, -0.05) is 40.5 Å². The fourth-order valence-corrected chi connectivity index (χ4v) is 4.75. The molecule has 0 aromatic heterocycles. The van der Waals surface area contributed by atoms with E-state index in [-0.39, 0.29) is 0 Å². The highest BCUT2D eigenvalue weighted by Crippen LogP contribution is 2.63. The monoisotopic (exact) mass is 264 g/mol. The van der Waals surface area contributed by atoms with Crippen LogP contribution < -0.4 is 10.6 Å². The first-order valence-corrected chi connectivity index (χ1v) is 8.44. The van der Waals surface area contributed by atoms with Gasteiger partial charge in [0, 0.05) is 18.1 Å². The van der Waals surface area contributed by atoms with Crippen molar-refractivity contribution in [3.05, 3.63) is 0 Å². The van der Waals surface area contributed by atoms with Crippen molar-refractivity contribution in [3.8, 4) is 0 Å². The predicted octanol–water partition coefficient (Wildman–Crippen LogP) is 3.32. The largest absolute Gasteiger partial charge is 0.314 e. The maximum absolute atomic E-state index is 4.04. The Balaban J connectivity index is 1.61. The molecule has 2 nitrogen and oxygen atoms in total. The van der Waals surface area contributed by atoms with Crippen LogP contribution in [0.15, 0.2) is 0 Å². The summed E-state index contributed by atoms with van der Waals surface area (Å²) < 4.78 is 0. The van der Waals surface area contributed by atoms with E-state index in [9.17, 15) is 0 Å². The molecule has 3 atom stereocenters. The minimum Gasteiger partial charge on any atom is -0.314 e. The molecule has 2 heteroatoms. The van der Waals surface area contributed by atoms with Gasteiger partial charge in [-0.2, -0.15) is 0 Å². The molecule has 2 aliphatic carbocycles. The Bertz CT molecular complexity index is 314. The minimum absolute atomic E-state index is 0.472. The first-order chi connectivity index (χ1) is 8.94. The van der Waals surface area contributed by atoms with Gasteiger partial charge >= 0.3 is 0 Å². The standard InChI is InChI=1S/C17H32N2/c1-16(2)15(17(16,3)4)19-14-10-7-8-12(14)13-9-5-6-11-18-13/h12-15,18-19H,5-11H2,1-4H3. The Morgan fingerprint density at radius 1 is 0.895 bits per heavy atom. The van der Waals surface area contributed by atoms with Crippen LogP contribution in [0.1, 0.15) is 66.2 Å². The maximum atomic E-state index is 4.04. The van der Waals surface area contributed by atoms with Crippen LogP contribution in [0.4, 0.5) is 0 Å². The summed E-state index contributed by atoms with van der Waals surface area (Å²) >= 11 is 0. The van der Waals surface area contributed by atoms with Gasteiger partial charge in [-0.15, -0.1) is 0 Å². The van der Waals surface area contributed by atoms with Crippen LogP contribution in [0.2, 0.25) is 0 Å². The van der Waals surface area contributed by atoms with Crippen LogP contribution in [0.25, 0.3) is 0 Å². The van der Waals surface area contributed by atoms with Crippen molar-refractivity contribution >= 4 is 0 Å². The highest BCUT2D eigenvalue weighted by Gasteiger charge is 2.65. The lowest BCUT2D eigenvalue weighted by Gasteiger charge is -2.33. The molecule has 19 heavy (non-hydrogen) atoms. The van der Waals surface area contributed by atoms with Crippen LogP contribution >= 0.6 is 0 Å². The third-order valence-corrected chi connectivity index (χ3v) is 6.84. The molecule has 1 aliphatic heterocycles. The summed E-state index contributed by atoms with van der Waals surface area (Å²) in [6.45, 7) is 10.9. The zero-order valence-electron chi connectivity index (χ0n) is 13.3. The SMILES string of the molecule is CC1(C)C(NC2CCCC2C2CCCCN2)C1(C)C. The van der Waals surface area contributed by atoms with Crippen molar-refractivity contribution in [1.29, 1.82) is 0 Å². The molecule has 0 aromatic carbocycles. The Labute approximate surface area is 119 Å². The summed E-state index contributed by atoms with van der Waals surface area (Å²) in [5, 5.41) is 7.83. The van der Waals surface area contributed by atoms with Gasteiger partial charge in [-0.05, 0) is 49.0 Å². The summed E-state index contributed by atoms with van der Waals surface area (Å²) in [6, 6.07) is 2.27. The van der Waals surface area contributed by atoms with E-state index < -0.39 is 0 Å². The number of piperidine rings is 1. The van der Waals surface area contributed by atoms with Crippen molar-refractivity contribution in [2.45, 2.75) is 84.3 Å². The molecule has 110 valence electrons. The van der Waals surface area contributed by atoms with Crippen LogP contribution in [0.5, 0.6) is 0 Å². The van der Waals surface area contributed by atoms with Crippen LogP contribution in [0, 0.1) is 16.7 Å². The quantitative estimate of drug-likeness (QED) is 0.817. The second kappa shape index (κ2) is 4.73. The van der Waals surface area contributed by atoms with Gasteiger partial charge in [0.15, 0.2) is 0 Å². The van der Waals surface area contributed by atoms with E-state index in [1.807, 2.05) is 0 Å². The lowest BCUT2D eigenvalue weighted by molar-refractivity contribution is 0.251. The van der Waals surface area contributed by atoms with E-state index in [1.165, 1.54) is 45.1 Å². The molecular formula is C17H32N2. The van der Waals surface area contributed by atoms with E-state index in [0.717, 1.165) is 18.0 Å². The summed E-state index contributed by atoms with van der Waals surface area (Å²) in [5.41, 5.74) is 0.945. The van der Waals surface area contributed by atoms with Crippen molar-refractivity contribution in [3.63, 3.8) is 0 Å². The van der Waals surface area contributed by atoms with Crippen molar-refractivity contribution in [2.24, 2.45) is 16.7 Å². The molecule has 0 radical (unpaired) electrons. The Morgan fingerprint density at radius 3 is 2.21 bits per heavy atom.